The van der Waals surface area contributed by atoms with Gasteiger partial charge in [-0.1, -0.05) is 12.1 Å². The van der Waals surface area contributed by atoms with E-state index < -0.39 is 0 Å². The van der Waals surface area contributed by atoms with Gasteiger partial charge in [-0.05, 0) is 55.0 Å². The van der Waals surface area contributed by atoms with Crippen LogP contribution in [0.15, 0.2) is 54.7 Å². The number of nitriles is 1. The van der Waals surface area contributed by atoms with Crippen molar-refractivity contribution in [1.29, 1.82) is 5.26 Å². The van der Waals surface area contributed by atoms with E-state index in [-0.39, 0.29) is 5.78 Å². The molecule has 3 rings (SSSR count). The number of aryl methyl sites for hydroxylation is 1. The van der Waals surface area contributed by atoms with Crippen LogP contribution in [0.5, 0.6) is 11.5 Å². The number of benzene rings is 2. The molecule has 3 aromatic rings. The molecule has 0 aliphatic rings. The molecule has 6 nitrogen and oxygen atoms in total. The SMILES string of the molecule is COc1ccc(/C=C/C(=O)c2cnn(C)c2C)cc1COc1ccc(C#N)cc1. The number of carbonyl (C=O) groups excluding carboxylic acids is 1. The summed E-state index contributed by atoms with van der Waals surface area (Å²) in [7, 11) is 3.41. The van der Waals surface area contributed by atoms with E-state index in [9.17, 15) is 4.79 Å². The molecule has 2 aromatic carbocycles. The number of ketones is 1. The van der Waals surface area contributed by atoms with E-state index in [1.54, 1.807) is 55.4 Å². The molecule has 146 valence electrons. The molecule has 0 fully saturated rings. The van der Waals surface area contributed by atoms with Gasteiger partial charge in [-0.15, -0.1) is 0 Å². The maximum Gasteiger partial charge on any atom is 0.189 e. The molecule has 6 heteroatoms. The standard InChI is InChI=1S/C23H21N3O3/c1-16-21(14-25-26(16)2)22(27)10-6-17-7-11-23(28-3)19(12-17)15-29-20-8-4-18(13-24)5-9-20/h4-12,14H,15H2,1-3H3/b10-6+. The van der Waals surface area contributed by atoms with Crippen LogP contribution in [-0.2, 0) is 13.7 Å². The fourth-order valence-corrected chi connectivity index (χ4v) is 2.80. The van der Waals surface area contributed by atoms with Crippen molar-refractivity contribution in [3.63, 3.8) is 0 Å². The number of hydrogen-bond acceptors (Lipinski definition) is 5. The van der Waals surface area contributed by atoms with Crippen LogP contribution in [0.1, 0.15) is 32.7 Å². The lowest BCUT2D eigenvalue weighted by Gasteiger charge is -2.11. The quantitative estimate of drug-likeness (QED) is 0.451. The van der Waals surface area contributed by atoms with Crippen molar-refractivity contribution >= 4 is 11.9 Å². The van der Waals surface area contributed by atoms with Crippen LogP contribution in [0.25, 0.3) is 6.08 Å². The van der Waals surface area contributed by atoms with Gasteiger partial charge in [-0.3, -0.25) is 9.48 Å². The lowest BCUT2D eigenvalue weighted by atomic mass is 10.1. The molecule has 0 aliphatic heterocycles. The summed E-state index contributed by atoms with van der Waals surface area (Å²) in [6, 6.07) is 14.6. The fourth-order valence-electron chi connectivity index (χ4n) is 2.80. The van der Waals surface area contributed by atoms with E-state index in [0.717, 1.165) is 16.8 Å². The molecule has 1 heterocycles. The van der Waals surface area contributed by atoms with Gasteiger partial charge in [0.25, 0.3) is 0 Å². The molecule has 0 aliphatic carbocycles. The Balaban J connectivity index is 1.74. The average Bonchev–Trinajstić information content (AvgIpc) is 3.09. The maximum absolute atomic E-state index is 12.4. The molecule has 0 unspecified atom stereocenters. The highest BCUT2D eigenvalue weighted by molar-refractivity contribution is 6.07. The third-order valence-corrected chi connectivity index (χ3v) is 4.61. The predicted molar refractivity (Wildman–Crippen MR) is 110 cm³/mol. The van der Waals surface area contributed by atoms with Gasteiger partial charge in [0, 0.05) is 18.3 Å². The first kappa shape index (κ1) is 19.9. The molecule has 29 heavy (non-hydrogen) atoms. The van der Waals surface area contributed by atoms with E-state index in [2.05, 4.69) is 11.2 Å². The summed E-state index contributed by atoms with van der Waals surface area (Å²) in [6.45, 7) is 2.16. The lowest BCUT2D eigenvalue weighted by Crippen LogP contribution is -2.00. The van der Waals surface area contributed by atoms with Crippen molar-refractivity contribution in [2.75, 3.05) is 7.11 Å². The van der Waals surface area contributed by atoms with E-state index in [4.69, 9.17) is 14.7 Å². The van der Waals surface area contributed by atoms with E-state index in [0.29, 0.717) is 29.2 Å². The highest BCUT2D eigenvalue weighted by Crippen LogP contribution is 2.23. The predicted octanol–water partition coefficient (Wildman–Crippen LogP) is 4.08. The summed E-state index contributed by atoms with van der Waals surface area (Å²) in [5, 5.41) is 13.0. The number of nitrogens with zero attached hydrogens (tertiary/aromatic N) is 3. The normalized spacial score (nSPS) is 10.7. The van der Waals surface area contributed by atoms with Crippen molar-refractivity contribution in [3.05, 3.63) is 82.7 Å². The smallest absolute Gasteiger partial charge is 0.189 e. The molecule has 0 radical (unpaired) electrons. The van der Waals surface area contributed by atoms with Gasteiger partial charge in [0.15, 0.2) is 5.78 Å². The van der Waals surface area contributed by atoms with Crippen LogP contribution in [0.2, 0.25) is 0 Å². The van der Waals surface area contributed by atoms with Crippen molar-refractivity contribution in [2.24, 2.45) is 7.05 Å². The third-order valence-electron chi connectivity index (χ3n) is 4.61. The molecule has 1 aromatic heterocycles. The number of carbonyl (C=O) groups is 1. The van der Waals surface area contributed by atoms with E-state index in [1.165, 1.54) is 6.08 Å². The summed E-state index contributed by atoms with van der Waals surface area (Å²) in [5.41, 5.74) is 3.70. The molecule has 0 bridgehead atoms. The molecule has 0 saturated heterocycles. The van der Waals surface area contributed by atoms with Crippen molar-refractivity contribution in [1.82, 2.24) is 9.78 Å². The lowest BCUT2D eigenvalue weighted by molar-refractivity contribution is 0.104. The highest BCUT2D eigenvalue weighted by atomic mass is 16.5. The Hall–Kier alpha value is -3.85. The second kappa shape index (κ2) is 8.89. The summed E-state index contributed by atoms with van der Waals surface area (Å²) in [5.74, 6) is 1.27. The zero-order chi connectivity index (χ0) is 20.8. The topological polar surface area (TPSA) is 77.1 Å². The first-order valence-corrected chi connectivity index (χ1v) is 9.02. The minimum atomic E-state index is -0.0956. The second-order valence-corrected chi connectivity index (χ2v) is 6.46. The summed E-state index contributed by atoms with van der Waals surface area (Å²) in [6.07, 6.45) is 4.88. The summed E-state index contributed by atoms with van der Waals surface area (Å²) in [4.78, 5) is 12.4. The average molecular weight is 387 g/mol. The van der Waals surface area contributed by atoms with Crippen LogP contribution in [0, 0.1) is 18.3 Å². The van der Waals surface area contributed by atoms with Gasteiger partial charge < -0.3 is 9.47 Å². The van der Waals surface area contributed by atoms with Gasteiger partial charge in [-0.25, -0.2) is 0 Å². The Morgan fingerprint density at radius 1 is 1.24 bits per heavy atom. The first-order valence-electron chi connectivity index (χ1n) is 9.02. The zero-order valence-electron chi connectivity index (χ0n) is 16.5. The van der Waals surface area contributed by atoms with Gasteiger partial charge in [0.05, 0.1) is 30.5 Å². The van der Waals surface area contributed by atoms with Crippen LogP contribution in [-0.4, -0.2) is 22.7 Å². The van der Waals surface area contributed by atoms with Crippen LogP contribution < -0.4 is 9.47 Å². The fraction of sp³-hybridized carbons (Fsp3) is 0.174. The molecular weight excluding hydrogens is 366 g/mol. The van der Waals surface area contributed by atoms with Crippen molar-refractivity contribution in [2.45, 2.75) is 13.5 Å². The Labute approximate surface area is 169 Å². The number of rotatable bonds is 7. The first-order chi connectivity index (χ1) is 14.0. The zero-order valence-corrected chi connectivity index (χ0v) is 16.5. The van der Waals surface area contributed by atoms with Gasteiger partial charge in [-0.2, -0.15) is 10.4 Å². The van der Waals surface area contributed by atoms with Gasteiger partial charge in [0.2, 0.25) is 0 Å². The molecule has 0 atom stereocenters. The van der Waals surface area contributed by atoms with E-state index in [1.807, 2.05) is 25.1 Å². The molecule has 0 N–H and O–H groups in total. The number of aromatic nitrogens is 2. The number of hydrogen-bond donors (Lipinski definition) is 0. The number of methoxy groups -OCH3 is 1. The van der Waals surface area contributed by atoms with Crippen LogP contribution in [0.4, 0.5) is 0 Å². The molecule has 0 spiro atoms. The van der Waals surface area contributed by atoms with Crippen LogP contribution in [0.3, 0.4) is 0 Å². The van der Waals surface area contributed by atoms with Crippen molar-refractivity contribution < 1.29 is 14.3 Å². The minimum Gasteiger partial charge on any atom is -0.496 e. The third kappa shape index (κ3) is 4.71. The minimum absolute atomic E-state index is 0.0956. The van der Waals surface area contributed by atoms with Gasteiger partial charge in [0.1, 0.15) is 18.1 Å². The number of ether oxygens (including phenoxy) is 2. The Morgan fingerprint density at radius 2 is 2.00 bits per heavy atom. The van der Waals surface area contributed by atoms with E-state index >= 15 is 0 Å². The summed E-state index contributed by atoms with van der Waals surface area (Å²) >= 11 is 0. The Kier molecular flexibility index (Phi) is 6.10. The maximum atomic E-state index is 12.4. The van der Waals surface area contributed by atoms with Crippen molar-refractivity contribution in [3.8, 4) is 17.6 Å². The van der Waals surface area contributed by atoms with Crippen LogP contribution >= 0.6 is 0 Å². The second-order valence-electron chi connectivity index (χ2n) is 6.46. The monoisotopic (exact) mass is 387 g/mol. The molecule has 0 saturated carbocycles. The molecular formula is C23H21N3O3. The highest BCUT2D eigenvalue weighted by Gasteiger charge is 2.10. The van der Waals surface area contributed by atoms with Gasteiger partial charge >= 0.3 is 0 Å². The number of allylic oxidation sites excluding steroid dienone is 1. The Bertz CT molecular complexity index is 1090. The Morgan fingerprint density at radius 3 is 2.62 bits per heavy atom. The largest absolute Gasteiger partial charge is 0.496 e. The summed E-state index contributed by atoms with van der Waals surface area (Å²) < 4.78 is 12.9. The molecule has 0 amide bonds.